The first-order valence-electron chi connectivity index (χ1n) is 9.49. The highest BCUT2D eigenvalue weighted by Gasteiger charge is 2.25. The molecule has 2 aromatic heterocycles. The van der Waals surface area contributed by atoms with Crippen molar-refractivity contribution in [1.29, 1.82) is 0 Å². The van der Waals surface area contributed by atoms with Gasteiger partial charge in [0.15, 0.2) is 5.16 Å². The fraction of sp³-hybridized carbons (Fsp3) is 0.579. The summed E-state index contributed by atoms with van der Waals surface area (Å²) in [4.78, 5) is 43.4. The third-order valence-electron chi connectivity index (χ3n) is 4.74. The summed E-state index contributed by atoms with van der Waals surface area (Å²) in [5, 5.41) is 5.87. The second-order valence-electron chi connectivity index (χ2n) is 7.65. The van der Waals surface area contributed by atoms with Crippen LogP contribution in [0.4, 0.5) is 4.79 Å². The van der Waals surface area contributed by atoms with E-state index in [1.165, 1.54) is 29.3 Å². The highest BCUT2D eigenvalue weighted by molar-refractivity contribution is 7.99. The molecule has 9 heteroatoms. The van der Waals surface area contributed by atoms with Crippen LogP contribution in [0.15, 0.2) is 9.95 Å². The Morgan fingerprint density at radius 3 is 2.82 bits per heavy atom. The van der Waals surface area contributed by atoms with Crippen molar-refractivity contribution < 1.29 is 9.59 Å². The lowest BCUT2D eigenvalue weighted by molar-refractivity contribution is -0.117. The van der Waals surface area contributed by atoms with Crippen molar-refractivity contribution in [3.05, 3.63) is 20.8 Å². The van der Waals surface area contributed by atoms with Crippen LogP contribution in [0.3, 0.4) is 0 Å². The summed E-state index contributed by atoms with van der Waals surface area (Å²) in [6, 6.07) is -0.548. The van der Waals surface area contributed by atoms with E-state index in [1.54, 1.807) is 15.9 Å². The fourth-order valence-electron chi connectivity index (χ4n) is 3.40. The molecular formula is C19H26N4O3S2. The first-order chi connectivity index (χ1) is 13.3. The Balaban J connectivity index is 1.97. The van der Waals surface area contributed by atoms with Crippen LogP contribution >= 0.6 is 23.1 Å². The number of carbonyl (C=O) groups excluding carboxylic acids is 2. The van der Waals surface area contributed by atoms with Crippen molar-refractivity contribution in [2.45, 2.75) is 51.7 Å². The lowest BCUT2D eigenvalue weighted by Crippen LogP contribution is -2.38. The molecule has 0 radical (unpaired) electrons. The van der Waals surface area contributed by atoms with Gasteiger partial charge in [-0.1, -0.05) is 32.5 Å². The maximum absolute atomic E-state index is 13.3. The molecular weight excluding hydrogens is 396 g/mol. The maximum Gasteiger partial charge on any atom is 0.321 e. The molecule has 0 aromatic carbocycles. The fourth-order valence-corrected chi connectivity index (χ4v) is 5.63. The molecule has 0 spiro atoms. The summed E-state index contributed by atoms with van der Waals surface area (Å²) in [5.74, 6) is 0.492. The lowest BCUT2D eigenvalue weighted by atomic mass is 9.89. The molecule has 2 aromatic rings. The van der Waals surface area contributed by atoms with E-state index in [4.69, 9.17) is 4.98 Å². The third-order valence-corrected chi connectivity index (χ3v) is 6.86. The smallest absolute Gasteiger partial charge is 0.321 e. The molecule has 0 aliphatic heterocycles. The van der Waals surface area contributed by atoms with Gasteiger partial charge < -0.3 is 5.32 Å². The summed E-state index contributed by atoms with van der Waals surface area (Å²) in [7, 11) is 1.45. The van der Waals surface area contributed by atoms with Gasteiger partial charge in [0.25, 0.3) is 5.56 Å². The number of carbonyl (C=O) groups is 2. The van der Waals surface area contributed by atoms with Gasteiger partial charge in [-0.25, -0.2) is 9.78 Å². The molecule has 1 aliphatic rings. The summed E-state index contributed by atoms with van der Waals surface area (Å²) in [5.41, 5.74) is 1.15. The van der Waals surface area contributed by atoms with Crippen LogP contribution < -0.4 is 16.2 Å². The summed E-state index contributed by atoms with van der Waals surface area (Å²) < 4.78 is 1.69. The molecule has 3 rings (SSSR count). The van der Waals surface area contributed by atoms with E-state index in [-0.39, 0.29) is 17.2 Å². The minimum absolute atomic E-state index is 0.0139. The molecule has 3 amide bonds. The molecule has 2 N–H and O–H groups in total. The van der Waals surface area contributed by atoms with Gasteiger partial charge in [0.05, 0.1) is 11.1 Å². The Kier molecular flexibility index (Phi) is 6.44. The highest BCUT2D eigenvalue weighted by Crippen LogP contribution is 2.36. The van der Waals surface area contributed by atoms with Crippen LogP contribution in [0.2, 0.25) is 0 Å². The Morgan fingerprint density at radius 1 is 1.39 bits per heavy atom. The van der Waals surface area contributed by atoms with Crippen molar-refractivity contribution in [2.24, 2.45) is 11.8 Å². The largest absolute Gasteiger partial charge is 0.341 e. The lowest BCUT2D eigenvalue weighted by Gasteiger charge is -2.18. The quantitative estimate of drug-likeness (QED) is 0.571. The van der Waals surface area contributed by atoms with Gasteiger partial charge in [-0.05, 0) is 36.7 Å². The highest BCUT2D eigenvalue weighted by atomic mass is 32.2. The number of imide groups is 1. The predicted molar refractivity (Wildman–Crippen MR) is 113 cm³/mol. The molecule has 0 unspecified atom stereocenters. The van der Waals surface area contributed by atoms with Crippen molar-refractivity contribution in [2.75, 3.05) is 12.8 Å². The summed E-state index contributed by atoms with van der Waals surface area (Å²) >= 11 is 2.80. The van der Waals surface area contributed by atoms with Crippen molar-refractivity contribution >= 4 is 45.3 Å². The van der Waals surface area contributed by atoms with Gasteiger partial charge in [0.2, 0.25) is 5.91 Å². The van der Waals surface area contributed by atoms with Crippen molar-refractivity contribution in [3.8, 4) is 0 Å². The van der Waals surface area contributed by atoms with E-state index >= 15 is 0 Å². The topological polar surface area (TPSA) is 93.1 Å². The Bertz CT molecular complexity index is 964. The molecule has 7 nitrogen and oxygen atoms in total. The maximum atomic E-state index is 13.3. The van der Waals surface area contributed by atoms with Gasteiger partial charge in [-0.3, -0.25) is 19.5 Å². The number of nitrogens with zero attached hydrogens (tertiary/aromatic N) is 2. The number of aryl methyl sites for hydroxylation is 1. The minimum atomic E-state index is -0.548. The van der Waals surface area contributed by atoms with Gasteiger partial charge in [-0.15, -0.1) is 11.3 Å². The molecule has 0 saturated carbocycles. The number of hydrogen-bond donors (Lipinski definition) is 2. The zero-order chi connectivity index (χ0) is 20.4. The van der Waals surface area contributed by atoms with Gasteiger partial charge in [-0.2, -0.15) is 0 Å². The molecule has 0 bridgehead atoms. The number of fused-ring (bicyclic) bond motifs is 3. The Hall–Kier alpha value is -1.87. The van der Waals surface area contributed by atoms with Crippen LogP contribution in [0.25, 0.3) is 10.2 Å². The third kappa shape index (κ3) is 4.41. The van der Waals surface area contributed by atoms with Gasteiger partial charge in [0, 0.05) is 18.5 Å². The zero-order valence-corrected chi connectivity index (χ0v) is 18.3. The normalized spacial score (nSPS) is 16.2. The molecule has 152 valence electrons. The molecule has 0 fully saturated rings. The second-order valence-corrected chi connectivity index (χ2v) is 9.68. The van der Waals surface area contributed by atoms with E-state index in [2.05, 4.69) is 17.6 Å². The first kappa shape index (κ1) is 20.9. The average molecular weight is 423 g/mol. The predicted octanol–water partition coefficient (Wildman–Crippen LogP) is 2.79. The standard InChI is InChI=1S/C19H26N4O3S2/c1-10(2)8-23-17(25)15-12-6-5-11(3)7-13(12)28-16(15)22-19(23)27-9-14(24)21-18(26)20-4/h10-11H,5-9H2,1-4H3,(H2,20,21,24,26)/t11-/m1/s1. The van der Waals surface area contributed by atoms with Crippen LogP contribution in [0.5, 0.6) is 0 Å². The molecule has 0 saturated heterocycles. The number of thioether (sulfide) groups is 1. The van der Waals surface area contributed by atoms with E-state index in [9.17, 15) is 14.4 Å². The number of rotatable bonds is 5. The SMILES string of the molecule is CNC(=O)NC(=O)CSc1nc2sc3c(c2c(=O)n1CC(C)C)CC[C@@H](C)C3. The molecule has 1 atom stereocenters. The number of hydrogen-bond acceptors (Lipinski definition) is 6. The Morgan fingerprint density at radius 2 is 2.14 bits per heavy atom. The molecule has 2 heterocycles. The molecule has 28 heavy (non-hydrogen) atoms. The van der Waals surface area contributed by atoms with Crippen LogP contribution in [0.1, 0.15) is 37.6 Å². The number of aromatic nitrogens is 2. The zero-order valence-electron chi connectivity index (χ0n) is 16.6. The minimum Gasteiger partial charge on any atom is -0.341 e. The average Bonchev–Trinajstić information content (AvgIpc) is 2.99. The summed E-state index contributed by atoms with van der Waals surface area (Å²) in [6.07, 6.45) is 3.02. The second kappa shape index (κ2) is 8.65. The van der Waals surface area contributed by atoms with E-state index in [0.29, 0.717) is 17.6 Å². The van der Waals surface area contributed by atoms with Crippen LogP contribution in [-0.4, -0.2) is 34.3 Å². The summed E-state index contributed by atoms with van der Waals surface area (Å²) in [6.45, 7) is 6.88. The van der Waals surface area contributed by atoms with Crippen molar-refractivity contribution in [1.82, 2.24) is 20.2 Å². The van der Waals surface area contributed by atoms with Gasteiger partial charge in [0.1, 0.15) is 4.83 Å². The van der Waals surface area contributed by atoms with Gasteiger partial charge >= 0.3 is 6.03 Å². The van der Waals surface area contributed by atoms with E-state index in [1.807, 2.05) is 13.8 Å². The number of amides is 3. The van der Waals surface area contributed by atoms with Crippen molar-refractivity contribution in [3.63, 3.8) is 0 Å². The monoisotopic (exact) mass is 422 g/mol. The van der Waals surface area contributed by atoms with Crippen LogP contribution in [-0.2, 0) is 24.2 Å². The number of nitrogens with one attached hydrogen (secondary N) is 2. The first-order valence-corrected chi connectivity index (χ1v) is 11.3. The van der Waals surface area contributed by atoms with Crippen LogP contribution in [0, 0.1) is 11.8 Å². The Labute approximate surface area is 172 Å². The number of urea groups is 1. The number of thiophene rings is 1. The molecule has 1 aliphatic carbocycles. The van der Waals surface area contributed by atoms with E-state index < -0.39 is 11.9 Å². The van der Waals surface area contributed by atoms with E-state index in [0.717, 1.165) is 29.5 Å².